The smallest absolute Gasteiger partial charge is 0.308 e. The average Bonchev–Trinajstić information content (AvgIpc) is 2.41. The van der Waals surface area contributed by atoms with Gasteiger partial charge < -0.3 is 4.74 Å². The van der Waals surface area contributed by atoms with Gasteiger partial charge in [0, 0.05) is 6.92 Å². The summed E-state index contributed by atoms with van der Waals surface area (Å²) in [5, 5.41) is 0. The van der Waals surface area contributed by atoms with Gasteiger partial charge in [-0.05, 0) is 48.1 Å². The zero-order valence-electron chi connectivity index (χ0n) is 12.2. The van der Waals surface area contributed by atoms with Crippen LogP contribution >= 0.6 is 0 Å². The van der Waals surface area contributed by atoms with Crippen LogP contribution in [0.25, 0.3) is 0 Å². The van der Waals surface area contributed by atoms with Crippen molar-refractivity contribution < 1.29 is 9.53 Å². The third-order valence-electron chi connectivity index (χ3n) is 3.50. The Kier molecular flexibility index (Phi) is 4.57. The maximum absolute atomic E-state index is 10.9. The summed E-state index contributed by atoms with van der Waals surface area (Å²) in [6, 6.07) is 16.2. The highest BCUT2D eigenvalue weighted by Crippen LogP contribution is 2.24. The molecule has 1 unspecified atom stereocenters. The molecule has 0 bridgehead atoms. The van der Waals surface area contributed by atoms with E-state index in [1.165, 1.54) is 23.6 Å². The number of carbonyl (C=O) groups is 1. The fourth-order valence-electron chi connectivity index (χ4n) is 2.32. The van der Waals surface area contributed by atoms with Gasteiger partial charge in [0.25, 0.3) is 0 Å². The summed E-state index contributed by atoms with van der Waals surface area (Å²) < 4.78 is 5.05. The van der Waals surface area contributed by atoms with Gasteiger partial charge in [-0.3, -0.25) is 4.79 Å². The van der Waals surface area contributed by atoms with E-state index >= 15 is 0 Å². The van der Waals surface area contributed by atoms with E-state index < -0.39 is 0 Å². The van der Waals surface area contributed by atoms with Crippen LogP contribution in [0.2, 0.25) is 0 Å². The van der Waals surface area contributed by atoms with Crippen molar-refractivity contribution in [3.8, 4) is 5.75 Å². The van der Waals surface area contributed by atoms with Crippen LogP contribution in [0, 0.1) is 6.92 Å². The Hall–Kier alpha value is -2.09. The van der Waals surface area contributed by atoms with E-state index in [1.54, 1.807) is 0 Å². The van der Waals surface area contributed by atoms with E-state index in [9.17, 15) is 4.79 Å². The molecule has 0 aliphatic heterocycles. The molecule has 104 valence electrons. The summed E-state index contributed by atoms with van der Waals surface area (Å²) in [6.07, 6.45) is 1.01. The van der Waals surface area contributed by atoms with Gasteiger partial charge in [-0.2, -0.15) is 0 Å². The molecule has 0 fully saturated rings. The second-order valence-corrected chi connectivity index (χ2v) is 5.19. The molecule has 0 aliphatic carbocycles. The zero-order chi connectivity index (χ0) is 14.5. The lowest BCUT2D eigenvalue weighted by Crippen LogP contribution is -2.03. The number of ether oxygens (including phenoxy) is 1. The average molecular weight is 268 g/mol. The molecule has 0 radical (unpaired) electrons. The summed E-state index contributed by atoms with van der Waals surface area (Å²) in [5.41, 5.74) is 3.96. The molecule has 2 aromatic carbocycles. The van der Waals surface area contributed by atoms with E-state index in [2.05, 4.69) is 38.1 Å². The Morgan fingerprint density at radius 1 is 1.10 bits per heavy atom. The Balaban J connectivity index is 2.08. The zero-order valence-corrected chi connectivity index (χ0v) is 12.2. The van der Waals surface area contributed by atoms with E-state index in [0.29, 0.717) is 11.7 Å². The van der Waals surface area contributed by atoms with E-state index in [4.69, 9.17) is 4.74 Å². The number of benzene rings is 2. The number of rotatable bonds is 4. The first kappa shape index (κ1) is 14.3. The van der Waals surface area contributed by atoms with Gasteiger partial charge in [0.05, 0.1) is 0 Å². The van der Waals surface area contributed by atoms with E-state index in [-0.39, 0.29) is 5.97 Å². The second kappa shape index (κ2) is 6.38. The number of esters is 1. The van der Waals surface area contributed by atoms with Gasteiger partial charge >= 0.3 is 5.97 Å². The molecule has 0 saturated carbocycles. The van der Waals surface area contributed by atoms with Crippen molar-refractivity contribution in [1.29, 1.82) is 0 Å². The van der Waals surface area contributed by atoms with Crippen LogP contribution in [0.1, 0.15) is 36.5 Å². The highest BCUT2D eigenvalue weighted by atomic mass is 16.5. The number of carbonyl (C=O) groups excluding carboxylic acids is 1. The maximum Gasteiger partial charge on any atom is 0.308 e. The standard InChI is InChI=1S/C18H20O2/c1-13-6-4-5-7-17(13)12-14(2)16-8-10-18(11-9-16)20-15(3)19/h4-11,14H,12H2,1-3H3. The molecular weight excluding hydrogens is 248 g/mol. The van der Waals surface area contributed by atoms with Crippen LogP contribution in [-0.4, -0.2) is 5.97 Å². The highest BCUT2D eigenvalue weighted by molar-refractivity contribution is 5.69. The fraction of sp³-hybridized carbons (Fsp3) is 0.278. The third-order valence-corrected chi connectivity index (χ3v) is 3.50. The van der Waals surface area contributed by atoms with Crippen LogP contribution < -0.4 is 4.74 Å². The molecule has 0 saturated heterocycles. The van der Waals surface area contributed by atoms with Crippen molar-refractivity contribution in [2.75, 3.05) is 0 Å². The minimum Gasteiger partial charge on any atom is -0.427 e. The summed E-state index contributed by atoms with van der Waals surface area (Å²) in [6.45, 7) is 5.77. The normalized spacial score (nSPS) is 11.9. The molecule has 0 heterocycles. The first-order chi connectivity index (χ1) is 9.56. The summed E-state index contributed by atoms with van der Waals surface area (Å²) in [7, 11) is 0. The lowest BCUT2D eigenvalue weighted by molar-refractivity contribution is -0.131. The third kappa shape index (κ3) is 3.70. The number of hydrogen-bond donors (Lipinski definition) is 0. The van der Waals surface area contributed by atoms with Crippen LogP contribution in [0.5, 0.6) is 5.75 Å². The highest BCUT2D eigenvalue weighted by Gasteiger charge is 2.08. The fourth-order valence-corrected chi connectivity index (χ4v) is 2.32. The SMILES string of the molecule is CC(=O)Oc1ccc(C(C)Cc2ccccc2C)cc1. The topological polar surface area (TPSA) is 26.3 Å². The van der Waals surface area contributed by atoms with E-state index in [1.807, 2.05) is 24.3 Å². The van der Waals surface area contributed by atoms with Gasteiger partial charge in [-0.1, -0.05) is 43.3 Å². The van der Waals surface area contributed by atoms with Crippen LogP contribution in [0.3, 0.4) is 0 Å². The van der Waals surface area contributed by atoms with Crippen molar-refractivity contribution in [3.63, 3.8) is 0 Å². The van der Waals surface area contributed by atoms with Crippen molar-refractivity contribution >= 4 is 5.97 Å². The predicted molar refractivity (Wildman–Crippen MR) is 81.0 cm³/mol. The maximum atomic E-state index is 10.9. The van der Waals surface area contributed by atoms with Crippen molar-refractivity contribution in [1.82, 2.24) is 0 Å². The summed E-state index contributed by atoms with van der Waals surface area (Å²) in [5.74, 6) is 0.748. The van der Waals surface area contributed by atoms with Crippen LogP contribution in [0.15, 0.2) is 48.5 Å². The monoisotopic (exact) mass is 268 g/mol. The minimum atomic E-state index is -0.286. The molecule has 0 amide bonds. The lowest BCUT2D eigenvalue weighted by atomic mass is 9.92. The number of aryl methyl sites for hydroxylation is 1. The molecule has 1 atom stereocenters. The Morgan fingerprint density at radius 2 is 1.75 bits per heavy atom. The number of hydrogen-bond acceptors (Lipinski definition) is 2. The first-order valence-corrected chi connectivity index (χ1v) is 6.89. The van der Waals surface area contributed by atoms with Crippen molar-refractivity contribution in [2.45, 2.75) is 33.1 Å². The van der Waals surface area contributed by atoms with Crippen molar-refractivity contribution in [3.05, 3.63) is 65.2 Å². The molecule has 0 aromatic heterocycles. The van der Waals surface area contributed by atoms with Gasteiger partial charge in [-0.15, -0.1) is 0 Å². The Morgan fingerprint density at radius 3 is 2.35 bits per heavy atom. The van der Waals surface area contributed by atoms with Gasteiger partial charge in [-0.25, -0.2) is 0 Å². The summed E-state index contributed by atoms with van der Waals surface area (Å²) in [4.78, 5) is 10.9. The second-order valence-electron chi connectivity index (χ2n) is 5.19. The lowest BCUT2D eigenvalue weighted by Gasteiger charge is -2.14. The molecule has 0 spiro atoms. The Labute approximate surface area is 120 Å². The van der Waals surface area contributed by atoms with Gasteiger partial charge in [0.1, 0.15) is 5.75 Å². The molecule has 2 heteroatoms. The quantitative estimate of drug-likeness (QED) is 0.611. The molecule has 2 rings (SSSR count). The van der Waals surface area contributed by atoms with Gasteiger partial charge in [0.2, 0.25) is 0 Å². The largest absolute Gasteiger partial charge is 0.427 e. The Bertz CT molecular complexity index is 585. The molecular formula is C18H20O2. The van der Waals surface area contributed by atoms with Crippen LogP contribution in [0.4, 0.5) is 0 Å². The van der Waals surface area contributed by atoms with Crippen LogP contribution in [-0.2, 0) is 11.2 Å². The summed E-state index contributed by atoms with van der Waals surface area (Å²) >= 11 is 0. The molecule has 0 aliphatic rings. The molecule has 0 N–H and O–H groups in total. The van der Waals surface area contributed by atoms with Gasteiger partial charge in [0.15, 0.2) is 0 Å². The molecule has 20 heavy (non-hydrogen) atoms. The predicted octanol–water partition coefficient (Wildman–Crippen LogP) is 4.27. The first-order valence-electron chi connectivity index (χ1n) is 6.89. The van der Waals surface area contributed by atoms with Crippen molar-refractivity contribution in [2.24, 2.45) is 0 Å². The minimum absolute atomic E-state index is 0.286. The molecule has 2 nitrogen and oxygen atoms in total. The molecule has 2 aromatic rings. The van der Waals surface area contributed by atoms with E-state index in [0.717, 1.165) is 6.42 Å².